The zero-order valence-electron chi connectivity index (χ0n) is 15.2. The van der Waals surface area contributed by atoms with Gasteiger partial charge in [0.25, 0.3) is 0 Å². The molecule has 0 aliphatic heterocycles. The van der Waals surface area contributed by atoms with Gasteiger partial charge in [-0.15, -0.1) is 0 Å². The molecule has 0 aliphatic carbocycles. The van der Waals surface area contributed by atoms with Crippen molar-refractivity contribution < 1.29 is 14.4 Å². The van der Waals surface area contributed by atoms with Gasteiger partial charge in [-0.25, -0.2) is 9.78 Å². The van der Waals surface area contributed by atoms with E-state index >= 15 is 0 Å². The van der Waals surface area contributed by atoms with Gasteiger partial charge in [0.2, 0.25) is 0 Å². The average Bonchev–Trinajstić information content (AvgIpc) is 3.17. The first-order valence-corrected chi connectivity index (χ1v) is 8.95. The molecule has 1 amide bonds. The molecule has 2 aromatic carbocycles. The summed E-state index contributed by atoms with van der Waals surface area (Å²) in [7, 11) is 0. The molecule has 0 saturated carbocycles. The van der Waals surface area contributed by atoms with Crippen LogP contribution < -0.4 is 5.32 Å². The Balaban J connectivity index is 1.79. The smallest absolute Gasteiger partial charge is 0.405 e. The molecule has 1 atom stereocenters. The summed E-state index contributed by atoms with van der Waals surface area (Å²) in [4.78, 5) is 15.8. The van der Waals surface area contributed by atoms with Gasteiger partial charge in [0.15, 0.2) is 5.58 Å². The van der Waals surface area contributed by atoms with Crippen LogP contribution in [0.3, 0.4) is 0 Å². The molecule has 0 saturated heterocycles. The van der Waals surface area contributed by atoms with E-state index in [0.717, 1.165) is 16.5 Å². The summed E-state index contributed by atoms with van der Waals surface area (Å²) in [5, 5.41) is 26.1. The van der Waals surface area contributed by atoms with Crippen molar-refractivity contribution in [2.75, 3.05) is 0 Å². The molecule has 0 aliphatic rings. The van der Waals surface area contributed by atoms with Gasteiger partial charge in [-0.3, -0.25) is 0 Å². The third-order valence-corrected chi connectivity index (χ3v) is 4.60. The van der Waals surface area contributed by atoms with E-state index in [1.165, 1.54) is 0 Å². The van der Waals surface area contributed by atoms with Crippen LogP contribution in [-0.4, -0.2) is 21.3 Å². The van der Waals surface area contributed by atoms with Gasteiger partial charge in [0.05, 0.1) is 6.04 Å². The van der Waals surface area contributed by atoms with Crippen LogP contribution in [0.2, 0.25) is 0 Å². The van der Waals surface area contributed by atoms with E-state index < -0.39 is 12.1 Å². The van der Waals surface area contributed by atoms with Crippen LogP contribution in [0.4, 0.5) is 4.79 Å². The number of nitrogens with zero attached hydrogens (tertiary/aromatic N) is 3. The number of nitriles is 1. The number of aromatic nitrogens is 2. The van der Waals surface area contributed by atoms with E-state index in [9.17, 15) is 9.90 Å². The highest BCUT2D eigenvalue weighted by Crippen LogP contribution is 2.33. The Kier molecular flexibility index (Phi) is 4.91. The predicted octanol–water partition coefficient (Wildman–Crippen LogP) is 4.31. The Morgan fingerprint density at radius 3 is 2.72 bits per heavy atom. The summed E-state index contributed by atoms with van der Waals surface area (Å²) in [5.74, 6) is 0. The van der Waals surface area contributed by atoms with Crippen LogP contribution in [0, 0.1) is 11.3 Å². The van der Waals surface area contributed by atoms with Crippen molar-refractivity contribution in [3.8, 4) is 17.3 Å². The van der Waals surface area contributed by atoms with Gasteiger partial charge in [0.1, 0.15) is 17.5 Å². The Morgan fingerprint density at radius 2 is 1.90 bits per heavy atom. The average molecular weight is 384 g/mol. The number of nitrogens with one attached hydrogen (secondary N) is 1. The van der Waals surface area contributed by atoms with Crippen LogP contribution in [0.15, 0.2) is 71.3 Å². The summed E-state index contributed by atoms with van der Waals surface area (Å²) in [6.07, 6.45) is -0.861. The Morgan fingerprint density at radius 1 is 1.10 bits per heavy atom. The van der Waals surface area contributed by atoms with Gasteiger partial charge in [-0.05, 0) is 29.8 Å². The molecule has 2 N–H and O–H groups in total. The second-order valence-corrected chi connectivity index (χ2v) is 6.45. The number of hydrogen-bond donors (Lipinski definition) is 2. The topological polar surface area (TPSA) is 112 Å². The summed E-state index contributed by atoms with van der Waals surface area (Å²) >= 11 is 0. The van der Waals surface area contributed by atoms with Crippen molar-refractivity contribution in [3.05, 3.63) is 83.7 Å². The lowest BCUT2D eigenvalue weighted by Crippen LogP contribution is -2.29. The zero-order valence-corrected chi connectivity index (χ0v) is 15.2. The molecule has 2 aromatic heterocycles. The summed E-state index contributed by atoms with van der Waals surface area (Å²) in [6, 6.07) is 21.5. The van der Waals surface area contributed by atoms with Gasteiger partial charge in [0, 0.05) is 23.1 Å². The Hall–Kier alpha value is -4.18. The highest BCUT2D eigenvalue weighted by atomic mass is 16.5. The van der Waals surface area contributed by atoms with E-state index in [1.807, 2.05) is 54.6 Å². The Labute approximate surface area is 166 Å². The van der Waals surface area contributed by atoms with Gasteiger partial charge >= 0.3 is 6.09 Å². The molecular formula is C22H16N4O3. The lowest BCUT2D eigenvalue weighted by molar-refractivity contribution is 0.190. The molecule has 0 unspecified atom stereocenters. The number of hydrogen-bond acceptors (Lipinski definition) is 5. The van der Waals surface area contributed by atoms with Crippen LogP contribution in [-0.2, 0) is 6.42 Å². The molecule has 2 heterocycles. The number of carbonyl (C=O) groups is 1. The number of fused-ring (bicyclic) bond motifs is 1. The standard InChI is InChI=1S/C22H16N4O3/c23-13-15-7-5-6-14(24-15)12-19(25-22(27)28)16-8-1-2-9-17(16)21-18-10-3-4-11-20(18)29-26-21/h1-11,19,25H,12H2,(H,27,28)/t19-/m0/s1. The summed E-state index contributed by atoms with van der Waals surface area (Å²) < 4.78 is 5.43. The quantitative estimate of drug-likeness (QED) is 0.530. The van der Waals surface area contributed by atoms with Crippen molar-refractivity contribution in [2.24, 2.45) is 0 Å². The first-order chi connectivity index (χ1) is 14.2. The minimum Gasteiger partial charge on any atom is -0.465 e. The van der Waals surface area contributed by atoms with Crippen LogP contribution >= 0.6 is 0 Å². The first kappa shape index (κ1) is 18.2. The van der Waals surface area contributed by atoms with Crippen LogP contribution in [0.1, 0.15) is 23.0 Å². The second-order valence-electron chi connectivity index (χ2n) is 6.45. The van der Waals surface area contributed by atoms with Gasteiger partial charge in [-0.1, -0.05) is 47.6 Å². The van der Waals surface area contributed by atoms with Crippen molar-refractivity contribution in [2.45, 2.75) is 12.5 Å². The number of pyridine rings is 1. The summed E-state index contributed by atoms with van der Waals surface area (Å²) in [6.45, 7) is 0. The SMILES string of the molecule is N#Cc1cccc(C[C@H](NC(=O)O)c2ccccc2-c2noc3ccccc23)n1. The molecule has 0 fully saturated rings. The second kappa shape index (κ2) is 7.82. The fourth-order valence-corrected chi connectivity index (χ4v) is 3.35. The molecule has 4 aromatic rings. The van der Waals surface area contributed by atoms with Crippen molar-refractivity contribution in [3.63, 3.8) is 0 Å². The maximum atomic E-state index is 11.5. The third kappa shape index (κ3) is 3.77. The molecule has 0 spiro atoms. The van der Waals surface area contributed by atoms with E-state index in [2.05, 4.69) is 15.5 Å². The lowest BCUT2D eigenvalue weighted by Gasteiger charge is -2.20. The largest absolute Gasteiger partial charge is 0.465 e. The molecular weight excluding hydrogens is 368 g/mol. The number of rotatable bonds is 5. The fourth-order valence-electron chi connectivity index (χ4n) is 3.35. The molecule has 142 valence electrons. The highest BCUT2D eigenvalue weighted by molar-refractivity contribution is 5.92. The van der Waals surface area contributed by atoms with E-state index in [4.69, 9.17) is 9.78 Å². The molecule has 7 heteroatoms. The number of benzene rings is 2. The number of amides is 1. The molecule has 4 rings (SSSR count). The van der Waals surface area contributed by atoms with Crippen molar-refractivity contribution in [1.82, 2.24) is 15.5 Å². The van der Waals surface area contributed by atoms with E-state index in [0.29, 0.717) is 17.0 Å². The number of carboxylic acid groups (broad SMARTS) is 1. The molecule has 0 bridgehead atoms. The molecule has 7 nitrogen and oxygen atoms in total. The normalized spacial score (nSPS) is 11.7. The van der Waals surface area contributed by atoms with Crippen LogP contribution in [0.5, 0.6) is 0 Å². The molecule has 29 heavy (non-hydrogen) atoms. The summed E-state index contributed by atoms with van der Waals surface area (Å²) in [5.41, 5.74) is 3.72. The third-order valence-electron chi connectivity index (χ3n) is 4.60. The fraction of sp³-hybridized carbons (Fsp3) is 0.0909. The lowest BCUT2D eigenvalue weighted by atomic mass is 9.93. The first-order valence-electron chi connectivity index (χ1n) is 8.95. The minimum absolute atomic E-state index is 0.285. The minimum atomic E-state index is -1.15. The van der Waals surface area contributed by atoms with Gasteiger partial charge < -0.3 is 14.9 Å². The maximum Gasteiger partial charge on any atom is 0.405 e. The van der Waals surface area contributed by atoms with Gasteiger partial charge in [-0.2, -0.15) is 5.26 Å². The monoisotopic (exact) mass is 384 g/mol. The maximum absolute atomic E-state index is 11.5. The van der Waals surface area contributed by atoms with Crippen molar-refractivity contribution >= 4 is 17.1 Å². The molecule has 0 radical (unpaired) electrons. The van der Waals surface area contributed by atoms with E-state index in [1.54, 1.807) is 18.2 Å². The van der Waals surface area contributed by atoms with Crippen LogP contribution in [0.25, 0.3) is 22.2 Å². The highest BCUT2D eigenvalue weighted by Gasteiger charge is 2.22. The van der Waals surface area contributed by atoms with E-state index in [-0.39, 0.29) is 12.1 Å². The van der Waals surface area contributed by atoms with Crippen molar-refractivity contribution in [1.29, 1.82) is 5.26 Å². The Bertz CT molecular complexity index is 1230. The zero-order chi connectivity index (χ0) is 20.2. The predicted molar refractivity (Wildman–Crippen MR) is 106 cm³/mol. The number of para-hydroxylation sites is 1.